The molecule has 3 N–H and O–H groups in total. The molecule has 1 aromatic rings. The molecule has 3 rings (SSSR count). The molecule has 5 heteroatoms. The summed E-state index contributed by atoms with van der Waals surface area (Å²) in [5.41, 5.74) is 7.80. The molecule has 4 atom stereocenters. The van der Waals surface area contributed by atoms with Crippen LogP contribution in [0.1, 0.15) is 18.9 Å². The van der Waals surface area contributed by atoms with E-state index in [9.17, 15) is 5.26 Å². The molecule has 1 aliphatic carbocycles. The smallest absolute Gasteiger partial charge is 0.102 e. The van der Waals surface area contributed by atoms with Crippen molar-refractivity contribution < 1.29 is 4.74 Å². The lowest BCUT2D eigenvalue weighted by molar-refractivity contribution is 0.00536. The first-order valence-corrected chi connectivity index (χ1v) is 8.04. The van der Waals surface area contributed by atoms with Crippen molar-refractivity contribution in [1.82, 2.24) is 0 Å². The summed E-state index contributed by atoms with van der Waals surface area (Å²) < 4.78 is 5.73. The molecule has 1 saturated carbocycles. The molecule has 106 valence electrons. The van der Waals surface area contributed by atoms with Gasteiger partial charge in [-0.1, -0.05) is 13.0 Å². The molecule has 1 heterocycles. The quantitative estimate of drug-likeness (QED) is 0.831. The molecule has 0 aromatic heterocycles. The predicted octanol–water partition coefficient (Wildman–Crippen LogP) is 2.20. The predicted molar refractivity (Wildman–Crippen MR) is 80.8 cm³/mol. The first kappa shape index (κ1) is 13.7. The number of anilines is 1. The maximum absolute atomic E-state index is 9.42. The molecular formula is C15H19N3OS. The Morgan fingerprint density at radius 3 is 3.15 bits per heavy atom. The van der Waals surface area contributed by atoms with Crippen molar-refractivity contribution in [3.05, 3.63) is 23.8 Å². The minimum absolute atomic E-state index is 0.122. The zero-order chi connectivity index (χ0) is 14.1. The number of nitrogens with two attached hydrogens (primary N) is 1. The monoisotopic (exact) mass is 289 g/mol. The van der Waals surface area contributed by atoms with Gasteiger partial charge in [0.15, 0.2) is 0 Å². The van der Waals surface area contributed by atoms with Crippen LogP contribution < -0.4 is 11.1 Å². The number of hydrogen-bond acceptors (Lipinski definition) is 5. The van der Waals surface area contributed by atoms with E-state index in [1.54, 1.807) is 11.8 Å². The zero-order valence-electron chi connectivity index (χ0n) is 11.5. The largest absolute Gasteiger partial charge is 0.377 e. The molecule has 1 aliphatic heterocycles. The molecule has 1 aromatic carbocycles. The summed E-state index contributed by atoms with van der Waals surface area (Å²) in [4.78, 5) is 1.02. The molecule has 2 aliphatic rings. The van der Waals surface area contributed by atoms with Crippen LogP contribution in [0.25, 0.3) is 0 Å². The fraction of sp³-hybridized carbons (Fsp3) is 0.533. The summed E-state index contributed by atoms with van der Waals surface area (Å²) in [5, 5.41) is 12.8. The van der Waals surface area contributed by atoms with Crippen molar-refractivity contribution in [2.24, 2.45) is 11.7 Å². The van der Waals surface area contributed by atoms with E-state index in [1.807, 2.05) is 18.2 Å². The minimum atomic E-state index is 0.122. The minimum Gasteiger partial charge on any atom is -0.377 e. The number of ether oxygens (including phenoxy) is 1. The standard InChI is InChI=1S/C15H19N3OS/c1-2-20-12-5-3-4-11(10(12)8-16)18-14-13(17)9-6-7-19-15(9)14/h3-5,9,13-15,18H,2,6-7,17H2,1H3. The van der Waals surface area contributed by atoms with Crippen LogP contribution in [0.15, 0.2) is 23.1 Å². The topological polar surface area (TPSA) is 71.1 Å². The van der Waals surface area contributed by atoms with E-state index in [4.69, 9.17) is 10.5 Å². The Morgan fingerprint density at radius 1 is 1.55 bits per heavy atom. The molecule has 4 nitrogen and oxygen atoms in total. The van der Waals surface area contributed by atoms with E-state index < -0.39 is 0 Å². The molecule has 2 fully saturated rings. The lowest BCUT2D eigenvalue weighted by atomic mass is 9.72. The zero-order valence-corrected chi connectivity index (χ0v) is 12.3. The third-order valence-electron chi connectivity index (χ3n) is 4.21. The van der Waals surface area contributed by atoms with Gasteiger partial charge < -0.3 is 15.8 Å². The van der Waals surface area contributed by atoms with E-state index in [2.05, 4.69) is 18.3 Å². The first-order chi connectivity index (χ1) is 9.76. The van der Waals surface area contributed by atoms with Crippen molar-refractivity contribution in [2.75, 3.05) is 17.7 Å². The van der Waals surface area contributed by atoms with Crippen LogP contribution in [-0.4, -0.2) is 30.5 Å². The van der Waals surface area contributed by atoms with Gasteiger partial charge in [0, 0.05) is 23.5 Å². The number of fused-ring (bicyclic) bond motifs is 1. The molecule has 1 saturated heterocycles. The van der Waals surface area contributed by atoms with E-state index >= 15 is 0 Å². The Hall–Kier alpha value is -1.22. The normalized spacial score (nSPS) is 31.2. The SMILES string of the molecule is CCSc1cccc(NC2C(N)C3CCOC32)c1C#N. The lowest BCUT2D eigenvalue weighted by Crippen LogP contribution is -2.65. The summed E-state index contributed by atoms with van der Waals surface area (Å²) in [7, 11) is 0. The van der Waals surface area contributed by atoms with Gasteiger partial charge >= 0.3 is 0 Å². The highest BCUT2D eigenvalue weighted by Crippen LogP contribution is 2.40. The molecule has 0 amide bonds. The second kappa shape index (κ2) is 5.65. The number of hydrogen-bond donors (Lipinski definition) is 2. The lowest BCUT2D eigenvalue weighted by Gasteiger charge is -2.46. The highest BCUT2D eigenvalue weighted by Gasteiger charge is 2.52. The van der Waals surface area contributed by atoms with Crippen molar-refractivity contribution in [3.63, 3.8) is 0 Å². The van der Waals surface area contributed by atoms with Gasteiger partial charge in [0.05, 0.1) is 23.4 Å². The van der Waals surface area contributed by atoms with Crippen LogP contribution in [0, 0.1) is 17.2 Å². The Kier molecular flexibility index (Phi) is 3.88. The van der Waals surface area contributed by atoms with Gasteiger partial charge in [-0.2, -0.15) is 5.26 Å². The maximum atomic E-state index is 9.42. The Bertz CT molecular complexity index is 542. The van der Waals surface area contributed by atoms with E-state index in [1.165, 1.54) is 0 Å². The maximum Gasteiger partial charge on any atom is 0.102 e. The fourth-order valence-corrected chi connectivity index (χ4v) is 3.94. The Balaban J connectivity index is 1.81. The van der Waals surface area contributed by atoms with Crippen LogP contribution in [0.3, 0.4) is 0 Å². The van der Waals surface area contributed by atoms with Gasteiger partial charge in [0.1, 0.15) is 6.07 Å². The van der Waals surface area contributed by atoms with Gasteiger partial charge in [-0.25, -0.2) is 0 Å². The summed E-state index contributed by atoms with van der Waals surface area (Å²) in [5.74, 6) is 1.43. The van der Waals surface area contributed by atoms with Crippen LogP contribution >= 0.6 is 11.8 Å². The number of benzene rings is 1. The fourth-order valence-electron chi connectivity index (χ4n) is 3.15. The summed E-state index contributed by atoms with van der Waals surface area (Å²) >= 11 is 1.69. The molecule has 0 bridgehead atoms. The van der Waals surface area contributed by atoms with Gasteiger partial charge in [-0.3, -0.25) is 0 Å². The van der Waals surface area contributed by atoms with Gasteiger partial charge in [-0.15, -0.1) is 11.8 Å². The van der Waals surface area contributed by atoms with Crippen molar-refractivity contribution >= 4 is 17.4 Å². The number of rotatable bonds is 4. The molecule has 4 unspecified atom stereocenters. The average Bonchev–Trinajstić information content (AvgIpc) is 2.90. The Labute approximate surface area is 123 Å². The van der Waals surface area contributed by atoms with Crippen molar-refractivity contribution in [2.45, 2.75) is 36.4 Å². The van der Waals surface area contributed by atoms with E-state index in [0.717, 1.165) is 29.4 Å². The number of nitriles is 1. The van der Waals surface area contributed by atoms with Crippen LogP contribution in [0.4, 0.5) is 5.69 Å². The number of nitrogens with zero attached hydrogens (tertiary/aromatic N) is 1. The highest BCUT2D eigenvalue weighted by atomic mass is 32.2. The van der Waals surface area contributed by atoms with Gasteiger partial charge in [0.2, 0.25) is 0 Å². The van der Waals surface area contributed by atoms with Crippen LogP contribution in [0.5, 0.6) is 0 Å². The summed E-state index contributed by atoms with van der Waals surface area (Å²) in [6.07, 6.45) is 1.26. The van der Waals surface area contributed by atoms with Gasteiger partial charge in [0.25, 0.3) is 0 Å². The van der Waals surface area contributed by atoms with Crippen molar-refractivity contribution in [1.29, 1.82) is 5.26 Å². The third kappa shape index (κ3) is 2.18. The summed E-state index contributed by atoms with van der Waals surface area (Å²) in [6, 6.07) is 8.49. The second-order valence-electron chi connectivity index (χ2n) is 5.26. The molecule has 0 radical (unpaired) electrons. The molecular weight excluding hydrogens is 270 g/mol. The first-order valence-electron chi connectivity index (χ1n) is 7.06. The van der Waals surface area contributed by atoms with Crippen LogP contribution in [0.2, 0.25) is 0 Å². The van der Waals surface area contributed by atoms with E-state index in [0.29, 0.717) is 11.5 Å². The third-order valence-corrected chi connectivity index (χ3v) is 5.15. The highest BCUT2D eigenvalue weighted by molar-refractivity contribution is 7.99. The van der Waals surface area contributed by atoms with Gasteiger partial charge in [-0.05, 0) is 24.3 Å². The Morgan fingerprint density at radius 2 is 2.40 bits per heavy atom. The van der Waals surface area contributed by atoms with E-state index in [-0.39, 0.29) is 18.2 Å². The number of nitrogens with one attached hydrogen (secondary N) is 1. The van der Waals surface area contributed by atoms with Crippen molar-refractivity contribution in [3.8, 4) is 6.07 Å². The molecule has 20 heavy (non-hydrogen) atoms. The average molecular weight is 289 g/mol. The second-order valence-corrected chi connectivity index (χ2v) is 6.56. The molecule has 0 spiro atoms. The summed E-state index contributed by atoms with van der Waals surface area (Å²) in [6.45, 7) is 2.89. The van der Waals surface area contributed by atoms with Crippen LogP contribution in [-0.2, 0) is 4.74 Å². The number of thioether (sulfide) groups is 1.